The minimum atomic E-state index is -0.448. The number of aromatic nitrogens is 2. The zero-order chi connectivity index (χ0) is 16.6. The summed E-state index contributed by atoms with van der Waals surface area (Å²) in [7, 11) is 0. The molecule has 0 aliphatic heterocycles. The first kappa shape index (κ1) is 15.9. The standard InChI is InChI=1S/C15H9ClIN3O3/c16-10-2-4-12-13(5-10)18-8-19(15(12)21)7-9-1-3-11(17)6-14(9)20(22)23/h1-6,8H,7H2. The Morgan fingerprint density at radius 2 is 2.04 bits per heavy atom. The van der Waals surface area contributed by atoms with Crippen molar-refractivity contribution in [3.05, 3.63) is 77.3 Å². The molecular formula is C15H9ClIN3O3. The van der Waals surface area contributed by atoms with Crippen LogP contribution in [0, 0.1) is 13.7 Å². The van der Waals surface area contributed by atoms with E-state index in [2.05, 4.69) is 4.98 Å². The highest BCUT2D eigenvalue weighted by atomic mass is 127. The van der Waals surface area contributed by atoms with Gasteiger partial charge in [-0.05, 0) is 52.9 Å². The second-order valence-electron chi connectivity index (χ2n) is 4.87. The maximum absolute atomic E-state index is 12.5. The number of nitrogens with zero attached hydrogens (tertiary/aromatic N) is 3. The molecule has 0 radical (unpaired) electrons. The van der Waals surface area contributed by atoms with Crippen LogP contribution in [0.4, 0.5) is 5.69 Å². The molecule has 0 saturated carbocycles. The van der Waals surface area contributed by atoms with Crippen molar-refractivity contribution in [3.8, 4) is 0 Å². The molecule has 0 unspecified atom stereocenters. The summed E-state index contributed by atoms with van der Waals surface area (Å²) >= 11 is 7.90. The molecule has 1 heterocycles. The van der Waals surface area contributed by atoms with Gasteiger partial charge in [-0.2, -0.15) is 0 Å². The summed E-state index contributed by atoms with van der Waals surface area (Å²) in [4.78, 5) is 27.4. The maximum atomic E-state index is 12.5. The molecule has 0 bridgehead atoms. The summed E-state index contributed by atoms with van der Waals surface area (Å²) in [5, 5.41) is 12.1. The van der Waals surface area contributed by atoms with Crippen molar-refractivity contribution in [3.63, 3.8) is 0 Å². The Hall–Kier alpha value is -2.00. The zero-order valence-electron chi connectivity index (χ0n) is 11.6. The van der Waals surface area contributed by atoms with Crippen molar-refractivity contribution in [1.82, 2.24) is 9.55 Å². The number of fused-ring (bicyclic) bond motifs is 1. The number of nitro groups is 1. The van der Waals surface area contributed by atoms with Gasteiger partial charge in [0.1, 0.15) is 0 Å². The van der Waals surface area contributed by atoms with E-state index in [0.29, 0.717) is 21.5 Å². The average molecular weight is 442 g/mol. The first-order valence-corrected chi connectivity index (χ1v) is 7.99. The fourth-order valence-electron chi connectivity index (χ4n) is 2.27. The van der Waals surface area contributed by atoms with Crippen molar-refractivity contribution in [1.29, 1.82) is 0 Å². The fraction of sp³-hybridized carbons (Fsp3) is 0.0667. The van der Waals surface area contributed by atoms with E-state index in [1.54, 1.807) is 30.3 Å². The molecule has 6 nitrogen and oxygen atoms in total. The van der Waals surface area contributed by atoms with Gasteiger partial charge >= 0.3 is 0 Å². The van der Waals surface area contributed by atoms with Crippen LogP contribution in [0.25, 0.3) is 10.9 Å². The third kappa shape index (κ3) is 3.20. The average Bonchev–Trinajstić information content (AvgIpc) is 2.51. The summed E-state index contributed by atoms with van der Waals surface area (Å²) in [6.07, 6.45) is 1.38. The van der Waals surface area contributed by atoms with Crippen molar-refractivity contribution in [2.24, 2.45) is 0 Å². The molecule has 0 aliphatic carbocycles. The molecule has 0 amide bonds. The van der Waals surface area contributed by atoms with E-state index < -0.39 is 4.92 Å². The van der Waals surface area contributed by atoms with Crippen molar-refractivity contribution in [2.75, 3.05) is 0 Å². The van der Waals surface area contributed by atoms with Gasteiger partial charge in [0.05, 0.1) is 28.7 Å². The Morgan fingerprint density at radius 1 is 1.26 bits per heavy atom. The van der Waals surface area contributed by atoms with E-state index in [9.17, 15) is 14.9 Å². The van der Waals surface area contributed by atoms with Gasteiger partial charge in [0.25, 0.3) is 11.2 Å². The van der Waals surface area contributed by atoms with Crippen LogP contribution in [0.3, 0.4) is 0 Å². The van der Waals surface area contributed by atoms with Gasteiger partial charge in [-0.25, -0.2) is 4.98 Å². The quantitative estimate of drug-likeness (QED) is 0.353. The Bertz CT molecular complexity index is 987. The Morgan fingerprint density at radius 3 is 2.78 bits per heavy atom. The maximum Gasteiger partial charge on any atom is 0.275 e. The fourth-order valence-corrected chi connectivity index (χ4v) is 2.91. The van der Waals surface area contributed by atoms with Crippen LogP contribution < -0.4 is 5.56 Å². The Kier molecular flexibility index (Phi) is 4.31. The summed E-state index contributed by atoms with van der Waals surface area (Å²) < 4.78 is 2.11. The number of rotatable bonds is 3. The van der Waals surface area contributed by atoms with Crippen molar-refractivity contribution < 1.29 is 4.92 Å². The second-order valence-corrected chi connectivity index (χ2v) is 6.55. The lowest BCUT2D eigenvalue weighted by atomic mass is 10.1. The van der Waals surface area contributed by atoms with Gasteiger partial charge < -0.3 is 0 Å². The number of halogens is 2. The SMILES string of the molecule is O=c1c2ccc(Cl)cc2ncn1Cc1ccc(I)cc1[N+](=O)[O-]. The Labute approximate surface area is 149 Å². The molecule has 0 aliphatic rings. The van der Waals surface area contributed by atoms with E-state index in [0.717, 1.165) is 3.57 Å². The lowest BCUT2D eigenvalue weighted by Gasteiger charge is -2.08. The predicted molar refractivity (Wildman–Crippen MR) is 95.9 cm³/mol. The second kappa shape index (κ2) is 6.25. The van der Waals surface area contributed by atoms with Crippen molar-refractivity contribution in [2.45, 2.75) is 6.54 Å². The first-order valence-electron chi connectivity index (χ1n) is 6.53. The van der Waals surface area contributed by atoms with Gasteiger partial charge in [0.15, 0.2) is 0 Å². The van der Waals surface area contributed by atoms with E-state index >= 15 is 0 Å². The molecule has 2 aromatic carbocycles. The molecule has 3 rings (SSSR count). The minimum Gasteiger partial charge on any atom is -0.294 e. The molecule has 0 N–H and O–H groups in total. The summed E-state index contributed by atoms with van der Waals surface area (Å²) in [6, 6.07) is 9.72. The van der Waals surface area contributed by atoms with E-state index in [4.69, 9.17) is 11.6 Å². The molecule has 0 fully saturated rings. The van der Waals surface area contributed by atoms with Crippen LogP contribution in [-0.2, 0) is 6.54 Å². The normalized spacial score (nSPS) is 10.9. The van der Waals surface area contributed by atoms with E-state index in [-0.39, 0.29) is 17.8 Å². The lowest BCUT2D eigenvalue weighted by Crippen LogP contribution is -2.21. The van der Waals surface area contributed by atoms with Crippen LogP contribution in [0.5, 0.6) is 0 Å². The molecule has 1 aromatic heterocycles. The number of hydrogen-bond acceptors (Lipinski definition) is 4. The van der Waals surface area contributed by atoms with Crippen LogP contribution in [0.2, 0.25) is 5.02 Å². The molecule has 0 saturated heterocycles. The number of benzene rings is 2. The third-order valence-corrected chi connectivity index (χ3v) is 4.28. The number of nitro benzene ring substituents is 1. The lowest BCUT2D eigenvalue weighted by molar-refractivity contribution is -0.385. The van der Waals surface area contributed by atoms with E-state index in [1.807, 2.05) is 22.6 Å². The third-order valence-electron chi connectivity index (χ3n) is 3.37. The predicted octanol–water partition coefficient (Wildman–Crippen LogP) is 3.61. The summed E-state index contributed by atoms with van der Waals surface area (Å²) in [6.45, 7) is 0.0810. The van der Waals surface area contributed by atoms with Crippen LogP contribution in [0.15, 0.2) is 47.5 Å². The monoisotopic (exact) mass is 441 g/mol. The van der Waals surface area contributed by atoms with E-state index in [1.165, 1.54) is 17.0 Å². The van der Waals surface area contributed by atoms with Crippen LogP contribution in [-0.4, -0.2) is 14.5 Å². The first-order chi connectivity index (χ1) is 11.0. The smallest absolute Gasteiger partial charge is 0.275 e. The highest BCUT2D eigenvalue weighted by molar-refractivity contribution is 14.1. The van der Waals surface area contributed by atoms with Gasteiger partial charge in [0.2, 0.25) is 0 Å². The molecule has 0 atom stereocenters. The summed E-state index contributed by atoms with van der Waals surface area (Å²) in [5.74, 6) is 0. The molecule has 0 spiro atoms. The van der Waals surface area contributed by atoms with Crippen LogP contribution >= 0.6 is 34.2 Å². The number of hydrogen-bond donors (Lipinski definition) is 0. The highest BCUT2D eigenvalue weighted by Gasteiger charge is 2.15. The van der Waals surface area contributed by atoms with Gasteiger partial charge in [-0.15, -0.1) is 0 Å². The van der Waals surface area contributed by atoms with Crippen molar-refractivity contribution >= 4 is 50.8 Å². The molecule has 116 valence electrons. The molecular weight excluding hydrogens is 433 g/mol. The zero-order valence-corrected chi connectivity index (χ0v) is 14.5. The van der Waals surface area contributed by atoms with Gasteiger partial charge in [0, 0.05) is 20.2 Å². The molecule has 3 aromatic rings. The Balaban J connectivity index is 2.09. The molecule has 23 heavy (non-hydrogen) atoms. The summed E-state index contributed by atoms with van der Waals surface area (Å²) in [5.41, 5.74) is 0.669. The largest absolute Gasteiger partial charge is 0.294 e. The van der Waals surface area contributed by atoms with Gasteiger partial charge in [-0.3, -0.25) is 19.5 Å². The topological polar surface area (TPSA) is 78.0 Å². The highest BCUT2D eigenvalue weighted by Crippen LogP contribution is 2.22. The van der Waals surface area contributed by atoms with Gasteiger partial charge in [-0.1, -0.05) is 11.6 Å². The van der Waals surface area contributed by atoms with Crippen LogP contribution in [0.1, 0.15) is 5.56 Å². The molecule has 8 heteroatoms. The minimum absolute atomic E-state index is 0.0139.